The first-order valence-electron chi connectivity index (χ1n) is 3.40. The van der Waals surface area contributed by atoms with Gasteiger partial charge in [0, 0.05) is 5.56 Å². The molecule has 0 unspecified atom stereocenters. The molecule has 0 aliphatic carbocycles. The Bertz CT molecular complexity index is 335. The molecule has 0 aromatic heterocycles. The van der Waals surface area contributed by atoms with Crippen molar-refractivity contribution >= 4 is 5.84 Å². The van der Waals surface area contributed by atoms with Gasteiger partial charge in [0.1, 0.15) is 11.6 Å². The largest absolute Gasteiger partial charge is 0.508 e. The van der Waals surface area contributed by atoms with Crippen molar-refractivity contribution < 1.29 is 15.4 Å². The van der Waals surface area contributed by atoms with Gasteiger partial charge in [-0.15, -0.1) is 10.1 Å². The maximum Gasteiger partial charge on any atom is 0.291 e. The first-order valence-corrected chi connectivity index (χ1v) is 3.40. The smallest absolute Gasteiger partial charge is 0.291 e. The minimum atomic E-state index is -1.50. The van der Waals surface area contributed by atoms with E-state index >= 15 is 0 Å². The lowest BCUT2D eigenvalue weighted by Gasteiger charge is -1.96. The predicted molar refractivity (Wildman–Crippen MR) is 47.9 cm³/mol. The predicted octanol–water partition coefficient (Wildman–Crippen LogP) is 0.329. The quantitative estimate of drug-likeness (QED) is 0.224. The van der Waals surface area contributed by atoms with Crippen LogP contribution < -0.4 is 5.73 Å². The molecule has 0 saturated carbocycles. The number of phenolic OH excluding ortho intramolecular Hbond substituents is 1. The Balaban J connectivity index is 0.000000364. The molecule has 7 heteroatoms. The Kier molecular flexibility index (Phi) is 4.47. The lowest BCUT2D eigenvalue weighted by Crippen LogP contribution is -2.10. The topological polar surface area (TPSA) is 133 Å². The number of hydrogen-bond donors (Lipinski definition) is 4. The van der Waals surface area contributed by atoms with Crippen LogP contribution in [0.1, 0.15) is 5.56 Å². The minimum absolute atomic E-state index is 0.0316. The highest BCUT2D eigenvalue weighted by Gasteiger charge is 1.94. The molecule has 5 N–H and O–H groups in total. The fraction of sp³-hybridized carbons (Fsp3) is 0. The summed E-state index contributed by atoms with van der Waals surface area (Å²) in [6, 6.07) is 6.29. The van der Waals surface area contributed by atoms with E-state index in [1.54, 1.807) is 12.1 Å². The van der Waals surface area contributed by atoms with Crippen LogP contribution in [-0.4, -0.2) is 21.2 Å². The highest BCUT2D eigenvalue weighted by atomic mass is 16.9. The molecule has 1 aromatic carbocycles. The molecule has 0 aliphatic heterocycles. The van der Waals surface area contributed by atoms with Gasteiger partial charge in [0.2, 0.25) is 0 Å². The van der Waals surface area contributed by atoms with Crippen LogP contribution in [0.5, 0.6) is 5.75 Å². The summed E-state index contributed by atoms with van der Waals surface area (Å²) in [6.07, 6.45) is 0. The minimum Gasteiger partial charge on any atom is -0.508 e. The van der Waals surface area contributed by atoms with E-state index in [2.05, 4.69) is 0 Å². The van der Waals surface area contributed by atoms with E-state index in [4.69, 9.17) is 31.6 Å². The Hall–Kier alpha value is -2.31. The van der Waals surface area contributed by atoms with Gasteiger partial charge in [0.05, 0.1) is 0 Å². The maximum absolute atomic E-state index is 8.91. The number of aromatic hydroxyl groups is 1. The zero-order valence-electron chi connectivity index (χ0n) is 7.04. The molecule has 0 radical (unpaired) electrons. The van der Waals surface area contributed by atoms with E-state index in [1.807, 2.05) is 0 Å². The molecule has 0 amide bonds. The Morgan fingerprint density at radius 3 is 2.36 bits per heavy atom. The van der Waals surface area contributed by atoms with Crippen LogP contribution in [-0.2, 0) is 0 Å². The van der Waals surface area contributed by atoms with Gasteiger partial charge in [-0.1, -0.05) is 12.1 Å². The van der Waals surface area contributed by atoms with E-state index in [9.17, 15) is 0 Å². The summed E-state index contributed by atoms with van der Waals surface area (Å²) in [5.41, 5.74) is 5.70. The molecule has 0 atom stereocenters. The van der Waals surface area contributed by atoms with Gasteiger partial charge in [0.25, 0.3) is 5.09 Å². The average molecular weight is 199 g/mol. The zero-order valence-corrected chi connectivity index (χ0v) is 7.04. The number of nitrogen functional groups attached to an aromatic ring is 1. The van der Waals surface area contributed by atoms with E-state index in [-0.39, 0.29) is 11.6 Å². The van der Waals surface area contributed by atoms with E-state index in [0.717, 1.165) is 0 Å². The highest BCUT2D eigenvalue weighted by Crippen LogP contribution is 2.09. The molecule has 1 aromatic rings. The van der Waals surface area contributed by atoms with Crippen molar-refractivity contribution in [1.82, 2.24) is 0 Å². The molecule has 0 spiro atoms. The summed E-state index contributed by atoms with van der Waals surface area (Å²) in [5, 5.41) is 29.5. The van der Waals surface area contributed by atoms with Crippen molar-refractivity contribution in [2.24, 2.45) is 5.73 Å². The normalized spacial score (nSPS) is 8.29. The molecule has 0 aliphatic rings. The van der Waals surface area contributed by atoms with Gasteiger partial charge in [-0.25, -0.2) is 0 Å². The second-order valence-corrected chi connectivity index (χ2v) is 2.20. The summed E-state index contributed by atoms with van der Waals surface area (Å²) < 4.78 is 0. The molecule has 0 saturated heterocycles. The molecule has 0 bridgehead atoms. The number of nitrogens with zero attached hydrogens (tertiary/aromatic N) is 1. The number of amidine groups is 1. The second kappa shape index (κ2) is 5.36. The number of rotatable bonds is 1. The van der Waals surface area contributed by atoms with Crippen LogP contribution in [0.15, 0.2) is 24.3 Å². The number of phenols is 1. The number of nitrogens with two attached hydrogens (primary N) is 1. The molecule has 0 fully saturated rings. The van der Waals surface area contributed by atoms with Crippen LogP contribution in [0.4, 0.5) is 0 Å². The van der Waals surface area contributed by atoms with Crippen LogP contribution in [0.2, 0.25) is 0 Å². The lowest BCUT2D eigenvalue weighted by molar-refractivity contribution is -0.742. The standard InChI is InChI=1S/C7H8N2O.HNO3/c8-7(9)5-2-1-3-6(10)4-5;2-1(3)4/h1-4,10H,(H3,8,9);(H,2,3,4). The van der Waals surface area contributed by atoms with Gasteiger partial charge in [-0.2, -0.15) is 0 Å². The third-order valence-electron chi connectivity index (χ3n) is 1.16. The molecular weight excluding hydrogens is 190 g/mol. The van der Waals surface area contributed by atoms with Gasteiger partial charge in [0.15, 0.2) is 0 Å². The van der Waals surface area contributed by atoms with Crippen LogP contribution in [0.25, 0.3) is 0 Å². The molecule has 1 rings (SSSR count). The molecule has 7 nitrogen and oxygen atoms in total. The lowest BCUT2D eigenvalue weighted by atomic mass is 10.2. The zero-order chi connectivity index (χ0) is 11.1. The first kappa shape index (κ1) is 11.7. The first-order chi connectivity index (χ1) is 6.43. The van der Waals surface area contributed by atoms with E-state index < -0.39 is 5.09 Å². The van der Waals surface area contributed by atoms with Crippen molar-refractivity contribution in [3.63, 3.8) is 0 Å². The van der Waals surface area contributed by atoms with Crippen molar-refractivity contribution in [2.75, 3.05) is 0 Å². The summed E-state index contributed by atoms with van der Waals surface area (Å²) in [7, 11) is 0. The van der Waals surface area contributed by atoms with Crippen molar-refractivity contribution in [3.8, 4) is 5.75 Å². The van der Waals surface area contributed by atoms with Gasteiger partial charge < -0.3 is 16.0 Å². The third-order valence-corrected chi connectivity index (χ3v) is 1.16. The summed E-state index contributed by atoms with van der Waals surface area (Å²) in [5.74, 6) is 0.101. The summed E-state index contributed by atoms with van der Waals surface area (Å²) >= 11 is 0. The molecular formula is C7H9N3O4. The Morgan fingerprint density at radius 1 is 1.57 bits per heavy atom. The molecule has 0 heterocycles. The van der Waals surface area contributed by atoms with Crippen LogP contribution in [0.3, 0.4) is 0 Å². The highest BCUT2D eigenvalue weighted by molar-refractivity contribution is 5.95. The Labute approximate surface area is 79.0 Å². The van der Waals surface area contributed by atoms with Crippen molar-refractivity contribution in [3.05, 3.63) is 39.9 Å². The maximum atomic E-state index is 8.91. The molecule has 76 valence electrons. The van der Waals surface area contributed by atoms with E-state index in [1.165, 1.54) is 12.1 Å². The number of nitrogens with one attached hydrogen (secondary N) is 1. The van der Waals surface area contributed by atoms with Crippen molar-refractivity contribution in [1.29, 1.82) is 5.41 Å². The monoisotopic (exact) mass is 199 g/mol. The second-order valence-electron chi connectivity index (χ2n) is 2.20. The summed E-state index contributed by atoms with van der Waals surface area (Å²) in [4.78, 5) is 8.36. The Morgan fingerprint density at radius 2 is 2.07 bits per heavy atom. The van der Waals surface area contributed by atoms with Gasteiger partial charge in [-0.05, 0) is 12.1 Å². The fourth-order valence-electron chi connectivity index (χ4n) is 0.673. The average Bonchev–Trinajstić information content (AvgIpc) is 2.03. The van der Waals surface area contributed by atoms with Gasteiger partial charge in [-0.3, -0.25) is 5.41 Å². The molecule has 14 heavy (non-hydrogen) atoms. The van der Waals surface area contributed by atoms with Gasteiger partial charge >= 0.3 is 0 Å². The number of benzene rings is 1. The summed E-state index contributed by atoms with van der Waals surface area (Å²) in [6.45, 7) is 0. The number of hydrogen-bond acceptors (Lipinski definition) is 4. The van der Waals surface area contributed by atoms with Crippen LogP contribution in [0, 0.1) is 15.5 Å². The SMILES string of the molecule is N=C(N)c1cccc(O)c1.O=[N+]([O-])O. The van der Waals surface area contributed by atoms with Crippen molar-refractivity contribution in [2.45, 2.75) is 0 Å². The van der Waals surface area contributed by atoms with E-state index in [0.29, 0.717) is 5.56 Å². The third kappa shape index (κ3) is 5.35. The van der Waals surface area contributed by atoms with Crippen LogP contribution >= 0.6 is 0 Å². The fourth-order valence-corrected chi connectivity index (χ4v) is 0.673.